The van der Waals surface area contributed by atoms with Crippen molar-refractivity contribution in [1.82, 2.24) is 0 Å². The molecule has 0 heterocycles. The molecule has 1 amide bonds. The first-order chi connectivity index (χ1) is 11.8. The molecule has 0 aliphatic rings. The fraction of sp³-hybridized carbons (Fsp3) is 0.235. The van der Waals surface area contributed by atoms with Crippen LogP contribution in [0.25, 0.3) is 0 Å². The summed E-state index contributed by atoms with van der Waals surface area (Å²) in [5, 5.41) is 9.64. The Balaban J connectivity index is 2.47. The summed E-state index contributed by atoms with van der Waals surface area (Å²) in [6.07, 6.45) is -4.91. The van der Waals surface area contributed by atoms with Gasteiger partial charge in [0.1, 0.15) is 0 Å². The molecule has 0 aliphatic carbocycles. The third-order valence-electron chi connectivity index (χ3n) is 4.03. The summed E-state index contributed by atoms with van der Waals surface area (Å²) < 4.78 is 64.0. The Hall–Kier alpha value is -2.39. The average Bonchev–Trinajstić information content (AvgIpc) is 2.53. The predicted molar refractivity (Wildman–Crippen MR) is 87.2 cm³/mol. The van der Waals surface area contributed by atoms with Crippen molar-refractivity contribution in [3.05, 3.63) is 59.2 Å². The van der Waals surface area contributed by atoms with Gasteiger partial charge in [0.15, 0.2) is 5.60 Å². The quantitative estimate of drug-likeness (QED) is 0.843. The van der Waals surface area contributed by atoms with Gasteiger partial charge < -0.3 is 10.8 Å². The average molecular weight is 387 g/mol. The number of benzene rings is 2. The maximum atomic E-state index is 12.9. The predicted octanol–water partition coefficient (Wildman–Crippen LogP) is 2.70. The molecule has 0 radical (unpaired) electrons. The molecule has 3 N–H and O–H groups in total. The molecule has 140 valence electrons. The summed E-state index contributed by atoms with van der Waals surface area (Å²) in [6, 6.07) is 7.59. The zero-order chi connectivity index (χ0) is 19.9. The molecule has 1 unspecified atom stereocenters. The standard InChI is InChI=1S/C17H16F3NO4S/c1-10-9-11(15(21)22)3-8-14(10)26(24,25)13-6-4-12(5-7-13)16(2,23)17(18,19)20/h3-9,23H,1-2H3,(H2,21,22). The van der Waals surface area contributed by atoms with Crippen LogP contribution < -0.4 is 5.73 Å². The maximum absolute atomic E-state index is 12.9. The van der Waals surface area contributed by atoms with Crippen molar-refractivity contribution in [1.29, 1.82) is 0 Å². The minimum absolute atomic E-state index is 0.0992. The van der Waals surface area contributed by atoms with Crippen LogP contribution in [0.3, 0.4) is 0 Å². The highest BCUT2D eigenvalue weighted by atomic mass is 32.2. The second-order valence-electron chi connectivity index (χ2n) is 5.94. The number of halogens is 3. The summed E-state index contributed by atoms with van der Waals surface area (Å²) in [4.78, 5) is 10.8. The number of aryl methyl sites for hydroxylation is 1. The number of carbonyl (C=O) groups is 1. The SMILES string of the molecule is Cc1cc(C(N)=O)ccc1S(=O)(=O)c1ccc(C(C)(O)C(F)(F)F)cc1. The van der Waals surface area contributed by atoms with Gasteiger partial charge in [-0.2, -0.15) is 13.2 Å². The van der Waals surface area contributed by atoms with E-state index in [1.165, 1.54) is 25.1 Å². The number of rotatable bonds is 4. The number of amides is 1. The molecule has 0 spiro atoms. The van der Waals surface area contributed by atoms with Crippen LogP contribution in [0.5, 0.6) is 0 Å². The molecule has 0 bridgehead atoms. The number of primary amides is 1. The lowest BCUT2D eigenvalue weighted by atomic mass is 9.96. The molecule has 2 aromatic carbocycles. The van der Waals surface area contributed by atoms with Gasteiger partial charge in [-0.1, -0.05) is 12.1 Å². The number of carbonyl (C=O) groups excluding carboxylic acids is 1. The summed E-state index contributed by atoms with van der Waals surface area (Å²) in [5.41, 5.74) is 1.96. The molecular weight excluding hydrogens is 371 g/mol. The smallest absolute Gasteiger partial charge is 0.376 e. The van der Waals surface area contributed by atoms with Crippen molar-refractivity contribution >= 4 is 15.7 Å². The first-order valence-electron chi connectivity index (χ1n) is 7.33. The molecule has 1 atom stereocenters. The van der Waals surface area contributed by atoms with Crippen LogP contribution in [0.2, 0.25) is 0 Å². The van der Waals surface area contributed by atoms with Gasteiger partial charge in [-0.3, -0.25) is 4.79 Å². The topological polar surface area (TPSA) is 97.5 Å². The number of alkyl halides is 3. The molecule has 2 rings (SSSR count). The van der Waals surface area contributed by atoms with E-state index in [9.17, 15) is 31.5 Å². The Morgan fingerprint density at radius 2 is 1.62 bits per heavy atom. The normalized spacial score (nSPS) is 14.7. The minimum atomic E-state index is -4.91. The van der Waals surface area contributed by atoms with E-state index in [1.54, 1.807) is 0 Å². The molecule has 9 heteroatoms. The lowest BCUT2D eigenvalue weighted by Gasteiger charge is -2.26. The first-order valence-corrected chi connectivity index (χ1v) is 8.82. The molecule has 0 aliphatic heterocycles. The fourth-order valence-electron chi connectivity index (χ4n) is 2.35. The molecular formula is C17H16F3NO4S. The van der Waals surface area contributed by atoms with Gasteiger partial charge in [0.25, 0.3) is 0 Å². The van der Waals surface area contributed by atoms with Crippen molar-refractivity contribution in [2.24, 2.45) is 5.73 Å². The van der Waals surface area contributed by atoms with E-state index in [-0.39, 0.29) is 20.9 Å². The second-order valence-corrected chi connectivity index (χ2v) is 7.86. The van der Waals surface area contributed by atoms with Crippen LogP contribution >= 0.6 is 0 Å². The number of hydrogen-bond donors (Lipinski definition) is 2. The third kappa shape index (κ3) is 3.45. The van der Waals surface area contributed by atoms with Crippen LogP contribution in [0.1, 0.15) is 28.4 Å². The summed E-state index contributed by atoms with van der Waals surface area (Å²) in [7, 11) is -4.02. The largest absolute Gasteiger partial charge is 0.421 e. The third-order valence-corrected chi connectivity index (χ3v) is 5.96. The van der Waals surface area contributed by atoms with Crippen molar-refractivity contribution < 1.29 is 31.5 Å². The number of hydrogen-bond acceptors (Lipinski definition) is 4. The van der Waals surface area contributed by atoms with Gasteiger partial charge in [0, 0.05) is 5.56 Å². The molecule has 26 heavy (non-hydrogen) atoms. The summed E-state index contributed by atoms with van der Waals surface area (Å²) >= 11 is 0. The number of sulfone groups is 1. The Labute approximate surface area is 148 Å². The summed E-state index contributed by atoms with van der Waals surface area (Å²) in [5.74, 6) is -0.712. The highest BCUT2D eigenvalue weighted by molar-refractivity contribution is 7.91. The molecule has 0 saturated carbocycles. The lowest BCUT2D eigenvalue weighted by molar-refractivity contribution is -0.258. The Kier molecular flexibility index (Phi) is 4.91. The molecule has 5 nitrogen and oxygen atoms in total. The van der Waals surface area contributed by atoms with E-state index in [4.69, 9.17) is 5.73 Å². The van der Waals surface area contributed by atoms with Gasteiger partial charge in [-0.15, -0.1) is 0 Å². The van der Waals surface area contributed by atoms with E-state index < -0.39 is 33.1 Å². The maximum Gasteiger partial charge on any atom is 0.421 e. The van der Waals surface area contributed by atoms with Crippen LogP contribution in [0.4, 0.5) is 13.2 Å². The van der Waals surface area contributed by atoms with Crippen LogP contribution in [0.15, 0.2) is 52.3 Å². The van der Waals surface area contributed by atoms with E-state index in [0.29, 0.717) is 6.92 Å². The first kappa shape index (κ1) is 19.9. The second kappa shape index (κ2) is 6.40. The van der Waals surface area contributed by atoms with Gasteiger partial charge in [-0.25, -0.2) is 8.42 Å². The Morgan fingerprint density at radius 1 is 1.08 bits per heavy atom. The molecule has 0 aromatic heterocycles. The highest BCUT2D eigenvalue weighted by Gasteiger charge is 2.51. The van der Waals surface area contributed by atoms with Crippen molar-refractivity contribution in [2.75, 3.05) is 0 Å². The van der Waals surface area contributed by atoms with Gasteiger partial charge in [-0.05, 0) is 55.3 Å². The Bertz CT molecular complexity index is 949. The summed E-state index contributed by atoms with van der Waals surface area (Å²) in [6.45, 7) is 2.06. The van der Waals surface area contributed by atoms with E-state index in [1.807, 2.05) is 0 Å². The zero-order valence-corrected chi connectivity index (χ0v) is 14.6. The van der Waals surface area contributed by atoms with E-state index in [0.717, 1.165) is 24.3 Å². The van der Waals surface area contributed by atoms with E-state index in [2.05, 4.69) is 0 Å². The molecule has 2 aromatic rings. The fourth-order valence-corrected chi connectivity index (χ4v) is 3.83. The van der Waals surface area contributed by atoms with Gasteiger partial charge in [0.05, 0.1) is 9.79 Å². The van der Waals surface area contributed by atoms with Crippen LogP contribution in [-0.2, 0) is 15.4 Å². The van der Waals surface area contributed by atoms with Crippen molar-refractivity contribution in [3.63, 3.8) is 0 Å². The van der Waals surface area contributed by atoms with Gasteiger partial charge >= 0.3 is 6.18 Å². The van der Waals surface area contributed by atoms with Crippen LogP contribution in [0, 0.1) is 6.92 Å². The van der Waals surface area contributed by atoms with Crippen molar-refractivity contribution in [3.8, 4) is 0 Å². The monoisotopic (exact) mass is 387 g/mol. The zero-order valence-electron chi connectivity index (χ0n) is 13.8. The van der Waals surface area contributed by atoms with Gasteiger partial charge in [0.2, 0.25) is 15.7 Å². The minimum Gasteiger partial charge on any atom is -0.376 e. The van der Waals surface area contributed by atoms with Crippen molar-refractivity contribution in [2.45, 2.75) is 35.4 Å². The molecule has 0 fully saturated rings. The lowest BCUT2D eigenvalue weighted by Crippen LogP contribution is -2.39. The molecule has 0 saturated heterocycles. The van der Waals surface area contributed by atoms with Crippen LogP contribution in [-0.4, -0.2) is 25.6 Å². The highest BCUT2D eigenvalue weighted by Crippen LogP contribution is 2.39. The number of aliphatic hydroxyl groups is 1. The Morgan fingerprint density at radius 3 is 2.04 bits per heavy atom. The number of nitrogens with two attached hydrogens (primary N) is 1. The van der Waals surface area contributed by atoms with E-state index >= 15 is 0 Å².